The van der Waals surface area contributed by atoms with E-state index in [1.165, 1.54) is 0 Å². The topological polar surface area (TPSA) is 86.8 Å². The second kappa shape index (κ2) is 12.1. The number of carbonyl (C=O) groups excluding carboxylic acids is 2. The molecule has 206 valence electrons. The summed E-state index contributed by atoms with van der Waals surface area (Å²) in [5, 5.41) is 15.0. The number of halogens is 1. The Morgan fingerprint density at radius 2 is 1.82 bits per heavy atom. The molecule has 5 rings (SSSR count). The molecule has 4 aliphatic rings. The van der Waals surface area contributed by atoms with E-state index in [1.54, 1.807) is 11.8 Å². The van der Waals surface area contributed by atoms with Crippen LogP contribution in [0, 0.1) is 5.92 Å². The lowest BCUT2D eigenvalue weighted by molar-refractivity contribution is -0.138. The van der Waals surface area contributed by atoms with Crippen molar-refractivity contribution in [3.8, 4) is 0 Å². The number of fused-ring (bicyclic) bond motifs is 1. The van der Waals surface area contributed by atoms with Gasteiger partial charge in [0.2, 0.25) is 11.8 Å². The van der Waals surface area contributed by atoms with Gasteiger partial charge in [-0.25, -0.2) is 5.01 Å². The number of piperazine rings is 1. The number of rotatable bonds is 7. The highest BCUT2D eigenvalue weighted by Gasteiger charge is 2.37. The molecule has 0 spiro atoms. The molecule has 4 heterocycles. The van der Waals surface area contributed by atoms with Gasteiger partial charge in [0, 0.05) is 63.3 Å². The van der Waals surface area contributed by atoms with Gasteiger partial charge in [0.25, 0.3) is 0 Å². The van der Waals surface area contributed by atoms with Crippen LogP contribution in [0.4, 0.5) is 0 Å². The van der Waals surface area contributed by atoms with E-state index in [0.717, 1.165) is 67.0 Å². The lowest BCUT2D eigenvalue weighted by Gasteiger charge is -2.38. The third-order valence-electron chi connectivity index (χ3n) is 7.40. The summed E-state index contributed by atoms with van der Waals surface area (Å²) < 4.78 is 0. The number of hydrogen-bond donors (Lipinski definition) is 2. The molecule has 12 heteroatoms. The van der Waals surface area contributed by atoms with Gasteiger partial charge in [0.05, 0.1) is 18.4 Å². The average Bonchev–Trinajstić information content (AvgIpc) is 3.49. The van der Waals surface area contributed by atoms with Crippen LogP contribution in [-0.2, 0) is 9.59 Å². The number of benzene rings is 1. The summed E-state index contributed by atoms with van der Waals surface area (Å²) in [7, 11) is 3.98. The molecule has 2 saturated heterocycles. The van der Waals surface area contributed by atoms with Crippen LogP contribution >= 0.6 is 23.4 Å². The van der Waals surface area contributed by atoms with Crippen LogP contribution in [0.2, 0.25) is 5.02 Å². The standard InChI is InChI=1S/C26H37ClN8O2S/c1-31(2)12-9-28-23(36)18-32-13-15-33(16-14-32)24(37)20-7-10-34(11-8-20)26-30-35-17-22(29-25(35)38-26)19-3-5-21(27)6-4-19/h3-6,17,20,25,29H,7-16,18H2,1-2H3,(H,28,36). The number of carbonyl (C=O) groups is 2. The van der Waals surface area contributed by atoms with Crippen LogP contribution in [0.15, 0.2) is 35.6 Å². The Morgan fingerprint density at radius 3 is 2.47 bits per heavy atom. The summed E-state index contributed by atoms with van der Waals surface area (Å²) in [5.41, 5.74) is 2.18. The van der Waals surface area contributed by atoms with Crippen LogP contribution in [-0.4, -0.2) is 120 Å². The molecule has 1 aromatic rings. The normalized spacial score (nSPS) is 22.3. The van der Waals surface area contributed by atoms with E-state index >= 15 is 0 Å². The first-order valence-electron chi connectivity index (χ1n) is 13.3. The molecule has 2 amide bonds. The third-order valence-corrected chi connectivity index (χ3v) is 8.76. The number of likely N-dealkylation sites (N-methyl/N-ethyl adjacent to an activating group) is 1. The Hall–Kier alpha value is -2.47. The van der Waals surface area contributed by atoms with Gasteiger partial charge < -0.3 is 25.3 Å². The first-order chi connectivity index (χ1) is 18.4. The van der Waals surface area contributed by atoms with Gasteiger partial charge in [-0.05, 0) is 56.4 Å². The molecular formula is C26H37ClN8O2S. The van der Waals surface area contributed by atoms with Gasteiger partial charge in [0.1, 0.15) is 0 Å². The zero-order valence-corrected chi connectivity index (χ0v) is 23.7. The molecule has 0 bridgehead atoms. The fourth-order valence-corrected chi connectivity index (χ4v) is 6.33. The van der Waals surface area contributed by atoms with Crippen LogP contribution in [0.25, 0.3) is 5.70 Å². The van der Waals surface area contributed by atoms with Crippen molar-refractivity contribution in [2.75, 3.05) is 73.0 Å². The van der Waals surface area contributed by atoms with E-state index in [4.69, 9.17) is 16.7 Å². The second-order valence-electron chi connectivity index (χ2n) is 10.4. The first kappa shape index (κ1) is 27.1. The average molecular weight is 561 g/mol. The van der Waals surface area contributed by atoms with Crippen LogP contribution < -0.4 is 10.6 Å². The Kier molecular flexibility index (Phi) is 8.67. The maximum Gasteiger partial charge on any atom is 0.234 e. The molecule has 10 nitrogen and oxygen atoms in total. The molecule has 0 saturated carbocycles. The Balaban J connectivity index is 1.04. The number of thioether (sulfide) groups is 1. The quantitative estimate of drug-likeness (QED) is 0.517. The van der Waals surface area contributed by atoms with E-state index < -0.39 is 0 Å². The van der Waals surface area contributed by atoms with E-state index in [1.807, 2.05) is 59.4 Å². The predicted molar refractivity (Wildman–Crippen MR) is 152 cm³/mol. The van der Waals surface area contributed by atoms with Gasteiger partial charge >= 0.3 is 0 Å². The van der Waals surface area contributed by atoms with Gasteiger partial charge in [-0.15, -0.1) is 5.10 Å². The van der Waals surface area contributed by atoms with Crippen molar-refractivity contribution in [3.05, 3.63) is 41.1 Å². The first-order valence-corrected chi connectivity index (χ1v) is 14.6. The predicted octanol–water partition coefficient (Wildman–Crippen LogP) is 1.38. The highest BCUT2D eigenvalue weighted by molar-refractivity contribution is 8.14. The number of hydrogen-bond acceptors (Lipinski definition) is 9. The third kappa shape index (κ3) is 6.56. The minimum absolute atomic E-state index is 0.0547. The number of likely N-dealkylation sites (tertiary alicyclic amines) is 1. The lowest BCUT2D eigenvalue weighted by Crippen LogP contribution is -2.53. The van der Waals surface area contributed by atoms with Gasteiger partial charge in [-0.1, -0.05) is 23.7 Å². The second-order valence-corrected chi connectivity index (χ2v) is 11.9. The van der Waals surface area contributed by atoms with E-state index in [2.05, 4.69) is 20.4 Å². The molecule has 2 fully saturated rings. The highest BCUT2D eigenvalue weighted by atomic mass is 35.5. The summed E-state index contributed by atoms with van der Waals surface area (Å²) in [6.45, 7) is 6.43. The number of amidine groups is 1. The minimum atomic E-state index is 0.0547. The van der Waals surface area contributed by atoms with Gasteiger partial charge in [0.15, 0.2) is 10.7 Å². The van der Waals surface area contributed by atoms with Crippen molar-refractivity contribution >= 4 is 46.0 Å². The van der Waals surface area contributed by atoms with Crippen LogP contribution in [0.3, 0.4) is 0 Å². The Bertz CT molecular complexity index is 1070. The van der Waals surface area contributed by atoms with E-state index in [0.29, 0.717) is 26.2 Å². The number of hydrazone groups is 1. The number of amides is 2. The Labute approximate surface area is 234 Å². The summed E-state index contributed by atoms with van der Waals surface area (Å²) >= 11 is 7.73. The largest absolute Gasteiger partial charge is 0.354 e. The molecule has 2 N–H and O–H groups in total. The maximum absolute atomic E-state index is 13.2. The molecule has 0 radical (unpaired) electrons. The highest BCUT2D eigenvalue weighted by Crippen LogP contribution is 2.35. The summed E-state index contributed by atoms with van der Waals surface area (Å²) in [4.78, 5) is 33.9. The number of nitrogens with one attached hydrogen (secondary N) is 2. The summed E-state index contributed by atoms with van der Waals surface area (Å²) in [6, 6.07) is 7.79. The molecule has 4 aliphatic heterocycles. The zero-order valence-electron chi connectivity index (χ0n) is 22.1. The molecular weight excluding hydrogens is 524 g/mol. The lowest BCUT2D eigenvalue weighted by atomic mass is 9.95. The van der Waals surface area contributed by atoms with Crippen molar-refractivity contribution < 1.29 is 9.59 Å². The summed E-state index contributed by atoms with van der Waals surface area (Å²) in [5.74, 6) is 0.381. The fraction of sp³-hybridized carbons (Fsp3) is 0.577. The molecule has 0 aliphatic carbocycles. The van der Waals surface area contributed by atoms with E-state index in [9.17, 15) is 9.59 Å². The fourth-order valence-electron chi connectivity index (χ4n) is 5.13. The van der Waals surface area contributed by atoms with Crippen molar-refractivity contribution in [2.45, 2.75) is 18.3 Å². The molecule has 1 aromatic carbocycles. The van der Waals surface area contributed by atoms with Crippen LogP contribution in [0.1, 0.15) is 18.4 Å². The smallest absolute Gasteiger partial charge is 0.234 e. The SMILES string of the molecule is CN(C)CCNC(=O)CN1CCN(C(=O)C2CCN(C3=NN4C=C(c5ccc(Cl)cc5)NC4S3)CC2)CC1. The monoisotopic (exact) mass is 560 g/mol. The van der Waals surface area contributed by atoms with E-state index in [-0.39, 0.29) is 23.2 Å². The van der Waals surface area contributed by atoms with Crippen LogP contribution in [0.5, 0.6) is 0 Å². The summed E-state index contributed by atoms with van der Waals surface area (Å²) in [6.07, 6.45) is 3.73. The van der Waals surface area contributed by atoms with Crippen molar-refractivity contribution in [1.29, 1.82) is 0 Å². The molecule has 0 aromatic heterocycles. The molecule has 1 unspecified atom stereocenters. The minimum Gasteiger partial charge on any atom is -0.354 e. The van der Waals surface area contributed by atoms with Gasteiger partial charge in [-0.3, -0.25) is 14.5 Å². The maximum atomic E-state index is 13.2. The Morgan fingerprint density at radius 1 is 1.11 bits per heavy atom. The molecule has 1 atom stereocenters. The number of piperidine rings is 1. The molecule has 38 heavy (non-hydrogen) atoms. The van der Waals surface area contributed by atoms with Crippen molar-refractivity contribution in [3.63, 3.8) is 0 Å². The van der Waals surface area contributed by atoms with Crippen molar-refractivity contribution in [1.82, 2.24) is 35.2 Å². The van der Waals surface area contributed by atoms with Crippen molar-refractivity contribution in [2.24, 2.45) is 11.0 Å². The number of nitrogens with zero attached hydrogens (tertiary/aromatic N) is 6. The zero-order chi connectivity index (χ0) is 26.6. The van der Waals surface area contributed by atoms with Gasteiger partial charge in [-0.2, -0.15) is 0 Å².